The second kappa shape index (κ2) is 4.45. The van der Waals surface area contributed by atoms with Gasteiger partial charge in [-0.3, -0.25) is 0 Å². The molecular formula is C12H18BrN. The third-order valence-electron chi connectivity index (χ3n) is 2.34. The Bertz CT molecular complexity index is 313. The highest BCUT2D eigenvalue weighted by molar-refractivity contribution is 9.10. The quantitative estimate of drug-likeness (QED) is 0.880. The molecule has 1 rings (SSSR count). The largest absolute Gasteiger partial charge is 0.326 e. The molecule has 2 heteroatoms. The van der Waals surface area contributed by atoms with Gasteiger partial charge < -0.3 is 5.73 Å². The molecule has 0 bridgehead atoms. The molecule has 2 N–H and O–H groups in total. The van der Waals surface area contributed by atoms with Crippen molar-refractivity contribution in [1.29, 1.82) is 0 Å². The van der Waals surface area contributed by atoms with Crippen molar-refractivity contribution >= 4 is 15.9 Å². The smallest absolute Gasteiger partial charge is 0.0178 e. The zero-order chi connectivity index (χ0) is 10.8. The van der Waals surface area contributed by atoms with Crippen LogP contribution in [0.25, 0.3) is 0 Å². The Morgan fingerprint density at radius 2 is 2.00 bits per heavy atom. The molecule has 0 radical (unpaired) electrons. The molecule has 0 atom stereocenters. The molecule has 0 aromatic heterocycles. The van der Waals surface area contributed by atoms with Crippen molar-refractivity contribution in [1.82, 2.24) is 0 Å². The van der Waals surface area contributed by atoms with E-state index in [-0.39, 0.29) is 5.54 Å². The van der Waals surface area contributed by atoms with Gasteiger partial charge in [0.15, 0.2) is 0 Å². The van der Waals surface area contributed by atoms with Crippen molar-refractivity contribution in [2.45, 2.75) is 39.2 Å². The van der Waals surface area contributed by atoms with E-state index in [1.165, 1.54) is 11.1 Å². The Labute approximate surface area is 94.8 Å². The van der Waals surface area contributed by atoms with Gasteiger partial charge in [-0.1, -0.05) is 22.0 Å². The van der Waals surface area contributed by atoms with E-state index in [1.54, 1.807) is 0 Å². The molecule has 1 nitrogen and oxygen atoms in total. The van der Waals surface area contributed by atoms with Crippen molar-refractivity contribution in [3.05, 3.63) is 33.8 Å². The molecule has 1 aromatic carbocycles. The number of aryl methyl sites for hydroxylation is 2. The van der Waals surface area contributed by atoms with E-state index < -0.39 is 0 Å². The first-order chi connectivity index (χ1) is 6.38. The van der Waals surface area contributed by atoms with Gasteiger partial charge in [0.05, 0.1) is 0 Å². The fraction of sp³-hybridized carbons (Fsp3) is 0.500. The maximum absolute atomic E-state index is 5.95. The molecular weight excluding hydrogens is 238 g/mol. The maximum Gasteiger partial charge on any atom is 0.0178 e. The fourth-order valence-corrected chi connectivity index (χ4v) is 1.87. The lowest BCUT2D eigenvalue weighted by molar-refractivity contribution is 0.476. The minimum Gasteiger partial charge on any atom is -0.326 e. The molecule has 0 aliphatic carbocycles. The lowest BCUT2D eigenvalue weighted by Crippen LogP contribution is -2.32. The van der Waals surface area contributed by atoms with Crippen molar-refractivity contribution in [2.75, 3.05) is 0 Å². The Balaban J connectivity index is 2.68. The second-order valence-corrected chi connectivity index (χ2v) is 5.48. The van der Waals surface area contributed by atoms with Gasteiger partial charge in [-0.2, -0.15) is 0 Å². The van der Waals surface area contributed by atoms with Gasteiger partial charge in [-0.25, -0.2) is 0 Å². The van der Waals surface area contributed by atoms with Crippen LogP contribution in [-0.4, -0.2) is 5.54 Å². The first kappa shape index (κ1) is 11.7. The topological polar surface area (TPSA) is 26.0 Å². The van der Waals surface area contributed by atoms with Gasteiger partial charge in [0, 0.05) is 10.0 Å². The molecule has 0 saturated carbocycles. The fourth-order valence-electron chi connectivity index (χ4n) is 1.40. The summed E-state index contributed by atoms with van der Waals surface area (Å²) < 4.78 is 1.14. The number of hydrogen-bond donors (Lipinski definition) is 1. The number of nitrogens with two attached hydrogens (primary N) is 1. The van der Waals surface area contributed by atoms with Gasteiger partial charge >= 0.3 is 0 Å². The van der Waals surface area contributed by atoms with Crippen LogP contribution in [0.4, 0.5) is 0 Å². The molecule has 0 aliphatic rings. The van der Waals surface area contributed by atoms with Crippen LogP contribution in [0.15, 0.2) is 22.7 Å². The molecule has 0 spiro atoms. The summed E-state index contributed by atoms with van der Waals surface area (Å²) >= 11 is 3.46. The van der Waals surface area contributed by atoms with E-state index >= 15 is 0 Å². The zero-order valence-corrected chi connectivity index (χ0v) is 10.7. The molecule has 1 aromatic rings. The number of rotatable bonds is 3. The van der Waals surface area contributed by atoms with Gasteiger partial charge in [0.2, 0.25) is 0 Å². The minimum atomic E-state index is -0.0699. The molecule has 0 saturated heterocycles. The standard InChI is InChI=1S/C12H18BrN/c1-9-8-11(13)5-4-10(9)6-7-12(2,3)14/h4-5,8H,6-7,14H2,1-3H3. The lowest BCUT2D eigenvalue weighted by Gasteiger charge is -2.18. The predicted octanol–water partition coefficient (Wildman–Crippen LogP) is 3.43. The van der Waals surface area contributed by atoms with Gasteiger partial charge in [-0.05, 0) is 56.9 Å². The summed E-state index contributed by atoms with van der Waals surface area (Å²) in [6.07, 6.45) is 2.08. The molecule has 78 valence electrons. The van der Waals surface area contributed by atoms with Gasteiger partial charge in [0.1, 0.15) is 0 Å². The molecule has 0 heterocycles. The highest BCUT2D eigenvalue weighted by Crippen LogP contribution is 2.18. The summed E-state index contributed by atoms with van der Waals surface area (Å²) in [6.45, 7) is 6.28. The zero-order valence-electron chi connectivity index (χ0n) is 9.10. The Kier molecular flexibility index (Phi) is 3.73. The van der Waals surface area contributed by atoms with E-state index in [1.807, 2.05) is 0 Å². The second-order valence-electron chi connectivity index (χ2n) is 4.56. The van der Waals surface area contributed by atoms with Crippen LogP contribution < -0.4 is 5.73 Å². The number of halogens is 1. The highest BCUT2D eigenvalue weighted by atomic mass is 79.9. The highest BCUT2D eigenvalue weighted by Gasteiger charge is 2.11. The third kappa shape index (κ3) is 3.81. The normalized spacial score (nSPS) is 11.8. The van der Waals surface area contributed by atoms with Crippen LogP contribution in [0.3, 0.4) is 0 Å². The maximum atomic E-state index is 5.95. The van der Waals surface area contributed by atoms with Gasteiger partial charge in [0.25, 0.3) is 0 Å². The first-order valence-electron chi connectivity index (χ1n) is 4.92. The Morgan fingerprint density at radius 3 is 2.50 bits per heavy atom. The first-order valence-corrected chi connectivity index (χ1v) is 5.72. The summed E-state index contributed by atoms with van der Waals surface area (Å²) in [5.74, 6) is 0. The third-order valence-corrected chi connectivity index (χ3v) is 2.84. The molecule has 0 unspecified atom stereocenters. The summed E-state index contributed by atoms with van der Waals surface area (Å²) in [4.78, 5) is 0. The molecule has 0 aliphatic heterocycles. The van der Waals surface area contributed by atoms with E-state index in [0.29, 0.717) is 0 Å². The molecule has 0 amide bonds. The lowest BCUT2D eigenvalue weighted by atomic mass is 9.95. The van der Waals surface area contributed by atoms with Crippen LogP contribution in [0.2, 0.25) is 0 Å². The van der Waals surface area contributed by atoms with Crippen molar-refractivity contribution in [2.24, 2.45) is 5.73 Å². The van der Waals surface area contributed by atoms with Crippen molar-refractivity contribution in [3.8, 4) is 0 Å². The number of benzene rings is 1. The van der Waals surface area contributed by atoms with E-state index in [0.717, 1.165) is 17.3 Å². The predicted molar refractivity (Wildman–Crippen MR) is 65.5 cm³/mol. The van der Waals surface area contributed by atoms with Crippen molar-refractivity contribution in [3.63, 3.8) is 0 Å². The summed E-state index contributed by atoms with van der Waals surface area (Å²) in [7, 11) is 0. The van der Waals surface area contributed by atoms with Crippen LogP contribution >= 0.6 is 15.9 Å². The number of hydrogen-bond acceptors (Lipinski definition) is 1. The van der Waals surface area contributed by atoms with E-state index in [2.05, 4.69) is 54.9 Å². The summed E-state index contributed by atoms with van der Waals surface area (Å²) in [6, 6.07) is 6.41. The van der Waals surface area contributed by atoms with E-state index in [4.69, 9.17) is 5.73 Å². The monoisotopic (exact) mass is 255 g/mol. The molecule has 0 fully saturated rings. The summed E-state index contributed by atoms with van der Waals surface area (Å²) in [5.41, 5.74) is 8.62. The Morgan fingerprint density at radius 1 is 1.36 bits per heavy atom. The average Bonchev–Trinajstić information content (AvgIpc) is 2.00. The van der Waals surface area contributed by atoms with Gasteiger partial charge in [-0.15, -0.1) is 0 Å². The Hall–Kier alpha value is -0.340. The van der Waals surface area contributed by atoms with Crippen LogP contribution in [0.5, 0.6) is 0 Å². The average molecular weight is 256 g/mol. The van der Waals surface area contributed by atoms with Crippen molar-refractivity contribution < 1.29 is 0 Å². The van der Waals surface area contributed by atoms with E-state index in [9.17, 15) is 0 Å². The molecule has 14 heavy (non-hydrogen) atoms. The van der Waals surface area contributed by atoms with Crippen LogP contribution in [0, 0.1) is 6.92 Å². The van der Waals surface area contributed by atoms with Crippen LogP contribution in [-0.2, 0) is 6.42 Å². The summed E-state index contributed by atoms with van der Waals surface area (Å²) in [5, 5.41) is 0. The SMILES string of the molecule is Cc1cc(Br)ccc1CCC(C)(C)N. The van der Waals surface area contributed by atoms with Crippen LogP contribution in [0.1, 0.15) is 31.4 Å². The minimum absolute atomic E-state index is 0.0699.